The number of hydrogen-bond donors (Lipinski definition) is 0. The van der Waals surface area contributed by atoms with Crippen LogP contribution in [0.25, 0.3) is 0 Å². The fourth-order valence-corrected chi connectivity index (χ4v) is 5.56. The smallest absolute Gasteiger partial charge is 1.00 e. The molecule has 0 aliphatic heterocycles. The summed E-state index contributed by atoms with van der Waals surface area (Å²) in [4.78, 5) is 0. The van der Waals surface area contributed by atoms with Crippen LogP contribution in [0.15, 0.2) is 93.7 Å². The van der Waals surface area contributed by atoms with E-state index < -0.39 is 0 Å². The maximum atomic E-state index is 2.27. The zero-order valence-corrected chi connectivity index (χ0v) is 27.4. The van der Waals surface area contributed by atoms with Crippen LogP contribution in [0.1, 0.15) is 25.7 Å². The number of rotatable bonds is 4. The second-order valence-electron chi connectivity index (χ2n) is 5.78. The molecule has 4 aliphatic rings. The molecule has 4 aliphatic carbocycles. The van der Waals surface area contributed by atoms with Gasteiger partial charge in [0, 0.05) is 0 Å². The van der Waals surface area contributed by atoms with Gasteiger partial charge in [0.2, 0.25) is 0 Å². The number of allylic oxidation sites excluding steroid dienone is 16. The van der Waals surface area contributed by atoms with E-state index in [-0.39, 0.29) is 107 Å². The van der Waals surface area contributed by atoms with Gasteiger partial charge in [0.15, 0.2) is 0 Å². The summed E-state index contributed by atoms with van der Waals surface area (Å²) in [6, 6.07) is 0. The Morgan fingerprint density at radius 1 is 0.433 bits per heavy atom. The maximum absolute atomic E-state index is 2.27. The molecule has 4 rings (SSSR count). The minimum absolute atomic E-state index is 0. The molecule has 0 heterocycles. The quantitative estimate of drug-likeness (QED) is 0.304. The Kier molecular flexibility index (Phi) is 38.4. The first-order valence-corrected chi connectivity index (χ1v) is 10.3. The zero-order chi connectivity index (χ0) is 15.0. The summed E-state index contributed by atoms with van der Waals surface area (Å²) < 4.78 is 0. The molecule has 4 radical (unpaired) electrons. The van der Waals surface area contributed by atoms with Crippen LogP contribution in [0.4, 0.5) is 0 Å². The van der Waals surface area contributed by atoms with Gasteiger partial charge in [-0.05, 0) is 25.7 Å². The van der Waals surface area contributed by atoms with Gasteiger partial charge in [-0.15, -0.1) is 0 Å². The van der Waals surface area contributed by atoms with E-state index in [0.29, 0.717) is 19.0 Å². The average Bonchev–Trinajstić information content (AvgIpc) is 3.31. The Labute approximate surface area is 243 Å². The molecule has 30 heavy (non-hydrogen) atoms. The van der Waals surface area contributed by atoms with Crippen molar-refractivity contribution in [1.82, 2.24) is 0 Å². The summed E-state index contributed by atoms with van der Waals surface area (Å²) in [5.74, 6) is 0. The Balaban J connectivity index is -0.0000000758. The average molecular weight is 632 g/mol. The Morgan fingerprint density at radius 2 is 0.633 bits per heavy atom. The molecule has 0 unspecified atom stereocenters. The van der Waals surface area contributed by atoms with E-state index in [1.807, 2.05) is 0 Å². The fourth-order valence-electron chi connectivity index (χ4n) is 2.76. The Hall–Kier alpha value is 0.700. The summed E-state index contributed by atoms with van der Waals surface area (Å²) >= 11 is 0. The third-order valence-electron chi connectivity index (χ3n) is 3.94. The molecule has 0 N–H and O–H groups in total. The maximum Gasteiger partial charge on any atom is 3.00 e. The van der Waals surface area contributed by atoms with E-state index in [9.17, 15) is 0 Å². The predicted molar refractivity (Wildman–Crippen MR) is 127 cm³/mol. The predicted octanol–water partition coefficient (Wildman–Crippen LogP) is 0.0252. The van der Waals surface area contributed by atoms with Crippen molar-refractivity contribution >= 4 is 19.0 Å². The first-order chi connectivity index (χ1) is 10.9. The topological polar surface area (TPSA) is 0 Å². The van der Waals surface area contributed by atoms with Gasteiger partial charge < -0.3 is 54.5 Å². The Morgan fingerprint density at radius 3 is 0.767 bits per heavy atom. The van der Waals surface area contributed by atoms with Crippen molar-refractivity contribution in [2.75, 3.05) is 0 Å². The van der Waals surface area contributed by atoms with Crippen LogP contribution < -0.4 is 24.8 Å². The van der Waals surface area contributed by atoms with Crippen molar-refractivity contribution in [3.63, 3.8) is 0 Å². The van der Waals surface area contributed by atoms with Crippen LogP contribution in [-0.4, -0.2) is 19.0 Å². The summed E-state index contributed by atoms with van der Waals surface area (Å²) in [5.41, 5.74) is 0. The van der Waals surface area contributed by atoms with Crippen molar-refractivity contribution in [1.29, 1.82) is 0 Å². The Bertz CT molecular complexity index is 557. The molecule has 0 fully saturated rings. The molecule has 0 aromatic rings. The minimum atomic E-state index is 0. The second-order valence-corrected chi connectivity index (χ2v) is 9.33. The van der Waals surface area contributed by atoms with Gasteiger partial charge in [0.25, 0.3) is 0 Å². The third-order valence-corrected chi connectivity index (χ3v) is 7.14. The second kappa shape index (κ2) is 26.0. The van der Waals surface area contributed by atoms with Gasteiger partial charge in [0.1, 0.15) is 0 Å². The van der Waals surface area contributed by atoms with Crippen molar-refractivity contribution in [2.45, 2.75) is 25.7 Å². The van der Waals surface area contributed by atoms with Crippen molar-refractivity contribution in [3.05, 3.63) is 123 Å². The number of hydrogen-bond acceptors (Lipinski definition) is 0. The van der Waals surface area contributed by atoms with Gasteiger partial charge in [-0.25, -0.2) is 0 Å². The third kappa shape index (κ3) is 16.3. The van der Waals surface area contributed by atoms with Crippen LogP contribution in [0.3, 0.4) is 0 Å². The molecule has 0 amide bonds. The van der Waals surface area contributed by atoms with Crippen LogP contribution >= 0.6 is 0 Å². The van der Waals surface area contributed by atoms with E-state index >= 15 is 0 Å². The van der Waals surface area contributed by atoms with Gasteiger partial charge in [-0.2, -0.15) is 0 Å². The molecule has 160 valence electrons. The van der Waals surface area contributed by atoms with Crippen LogP contribution in [0, 0.1) is 29.7 Å². The van der Waals surface area contributed by atoms with E-state index in [1.54, 1.807) is 20.8 Å². The van der Waals surface area contributed by atoms with Crippen LogP contribution in [-0.2, 0) is 52.4 Å². The SMILES string of the molecule is C1=CCC([SiH]C2=CC=CC2)=C1.C1=CCC([SiH]C2=CC=CC2)=C1.[CH3-].[CH3-].[CH3-].[CH3-].[Cl-].[Cl-].[Zr+3].[Zr+3]. The van der Waals surface area contributed by atoms with E-state index in [1.165, 1.54) is 25.7 Å². The van der Waals surface area contributed by atoms with Gasteiger partial charge in [0.05, 0.1) is 19.0 Å². The summed E-state index contributed by atoms with van der Waals surface area (Å²) in [6.07, 6.45) is 31.5. The standard InChI is InChI=1S/2C10H11Si.4CH3.2ClH.2Zr/c2*1-2-6-9(5-1)11-10-7-3-4-8-10;;;;;;;;/h2*1-5,7,11H,6,8H2;4*1H3;2*1H;;/q;;4*-1;;;2*+3/p-2. The van der Waals surface area contributed by atoms with Crippen LogP contribution in [0.5, 0.6) is 0 Å². The molecular formula is C24H34Cl2Si2Zr2. The molecule has 0 atom stereocenters. The molecule has 0 bridgehead atoms. The minimum Gasteiger partial charge on any atom is -1.00 e. The van der Waals surface area contributed by atoms with Gasteiger partial charge >= 0.3 is 52.4 Å². The summed E-state index contributed by atoms with van der Waals surface area (Å²) in [5, 5.41) is 6.56. The van der Waals surface area contributed by atoms with Crippen molar-refractivity contribution in [3.8, 4) is 0 Å². The van der Waals surface area contributed by atoms with Crippen molar-refractivity contribution in [2.24, 2.45) is 0 Å². The fraction of sp³-hybridized carbons (Fsp3) is 0.167. The molecule has 0 spiro atoms. The summed E-state index contributed by atoms with van der Waals surface area (Å²) in [7, 11) is 0.898. The van der Waals surface area contributed by atoms with E-state index in [0.717, 1.165) is 0 Å². The molecule has 0 saturated carbocycles. The molecule has 0 nitrogen and oxygen atoms in total. The normalized spacial score (nSPS) is 15.2. The molecular weight excluding hydrogens is 598 g/mol. The van der Waals surface area contributed by atoms with Gasteiger partial charge in [-0.3, -0.25) is 0 Å². The molecule has 0 aromatic carbocycles. The molecule has 0 saturated heterocycles. The van der Waals surface area contributed by atoms with Crippen molar-refractivity contribution < 1.29 is 77.2 Å². The molecule has 0 aromatic heterocycles. The van der Waals surface area contributed by atoms with Gasteiger partial charge in [-0.1, -0.05) is 93.7 Å². The first-order valence-electron chi connectivity index (χ1n) is 8.02. The zero-order valence-electron chi connectivity index (χ0n) is 18.7. The monoisotopic (exact) mass is 628 g/mol. The van der Waals surface area contributed by atoms with E-state index in [2.05, 4.69) is 72.9 Å². The largest absolute Gasteiger partial charge is 3.00 e. The summed E-state index contributed by atoms with van der Waals surface area (Å²) in [6.45, 7) is 0. The van der Waals surface area contributed by atoms with Crippen LogP contribution in [0.2, 0.25) is 0 Å². The molecule has 6 heteroatoms. The first kappa shape index (κ1) is 44.4. The number of halogens is 2. The van der Waals surface area contributed by atoms with E-state index in [4.69, 9.17) is 0 Å².